The Bertz CT molecular complexity index is 1710. The third-order valence-corrected chi connectivity index (χ3v) is 9.66. The van der Waals surface area contributed by atoms with Crippen LogP contribution in [0.1, 0.15) is 30.5 Å². The van der Waals surface area contributed by atoms with Crippen LogP contribution in [-0.2, 0) is 32.6 Å². The summed E-state index contributed by atoms with van der Waals surface area (Å²) in [6.45, 7) is 5.69. The van der Waals surface area contributed by atoms with Gasteiger partial charge in [-0.25, -0.2) is 8.42 Å². The molecule has 2 amide bonds. The van der Waals surface area contributed by atoms with Crippen molar-refractivity contribution in [1.82, 2.24) is 10.2 Å². The summed E-state index contributed by atoms with van der Waals surface area (Å²) in [4.78, 5) is 29.9. The first-order chi connectivity index (χ1) is 22.0. The van der Waals surface area contributed by atoms with Crippen LogP contribution in [0.4, 0.5) is 5.69 Å². The Morgan fingerprint density at radius 3 is 2.11 bits per heavy atom. The van der Waals surface area contributed by atoms with Crippen LogP contribution >= 0.6 is 11.6 Å². The number of benzene rings is 4. The molecule has 0 spiro atoms. The summed E-state index contributed by atoms with van der Waals surface area (Å²) in [6.07, 6.45) is 0.216. The van der Waals surface area contributed by atoms with Gasteiger partial charge in [0.1, 0.15) is 18.3 Å². The number of rotatable bonds is 14. The van der Waals surface area contributed by atoms with E-state index in [9.17, 15) is 18.0 Å². The summed E-state index contributed by atoms with van der Waals surface area (Å²) >= 11 is 6.56. The first kappa shape index (κ1) is 34.5. The molecule has 242 valence electrons. The molecule has 1 unspecified atom stereocenters. The zero-order valence-corrected chi connectivity index (χ0v) is 28.1. The molecule has 0 saturated heterocycles. The Labute approximate surface area is 277 Å². The lowest BCUT2D eigenvalue weighted by atomic mass is 10.0. The maximum atomic E-state index is 14.5. The first-order valence-electron chi connectivity index (χ1n) is 15.1. The fourth-order valence-corrected chi connectivity index (χ4v) is 6.51. The molecule has 0 fully saturated rings. The molecule has 1 atom stereocenters. The van der Waals surface area contributed by atoms with Gasteiger partial charge in [-0.05, 0) is 66.4 Å². The van der Waals surface area contributed by atoms with Crippen LogP contribution in [0.15, 0.2) is 108 Å². The van der Waals surface area contributed by atoms with Crippen LogP contribution in [0.2, 0.25) is 5.02 Å². The minimum absolute atomic E-state index is 0.00780. The lowest BCUT2D eigenvalue weighted by molar-refractivity contribution is -0.140. The SMILES string of the molecule is COc1ccc(N(CC(=O)N(Cc2ccccc2Cl)C(Cc2ccccc2)C(=O)NCC(C)C)S(=O)(=O)c2ccc(C)cc2)cc1. The lowest BCUT2D eigenvalue weighted by Crippen LogP contribution is -2.53. The number of hydrogen-bond acceptors (Lipinski definition) is 5. The molecule has 4 rings (SSSR count). The highest BCUT2D eigenvalue weighted by Gasteiger charge is 2.35. The Morgan fingerprint density at radius 1 is 0.870 bits per heavy atom. The lowest BCUT2D eigenvalue weighted by Gasteiger charge is -2.34. The smallest absolute Gasteiger partial charge is 0.264 e. The van der Waals surface area contributed by atoms with Gasteiger partial charge in [0.05, 0.1) is 17.7 Å². The number of methoxy groups -OCH3 is 1. The number of carbonyl (C=O) groups is 2. The summed E-state index contributed by atoms with van der Waals surface area (Å²) in [6, 6.07) is 28.5. The van der Waals surface area contributed by atoms with E-state index in [1.54, 1.807) is 60.7 Å². The highest BCUT2D eigenvalue weighted by Crippen LogP contribution is 2.28. The van der Waals surface area contributed by atoms with E-state index < -0.39 is 28.5 Å². The molecule has 0 bridgehead atoms. The number of halogens is 1. The van der Waals surface area contributed by atoms with E-state index in [2.05, 4.69) is 5.32 Å². The minimum atomic E-state index is -4.21. The van der Waals surface area contributed by atoms with Crippen LogP contribution in [0, 0.1) is 12.8 Å². The number of sulfonamides is 1. The van der Waals surface area contributed by atoms with Gasteiger partial charge in [-0.2, -0.15) is 0 Å². The molecule has 0 radical (unpaired) electrons. The van der Waals surface area contributed by atoms with Gasteiger partial charge in [0.15, 0.2) is 0 Å². The number of amides is 2. The number of anilines is 1. The fourth-order valence-electron chi connectivity index (χ4n) is 4.90. The van der Waals surface area contributed by atoms with E-state index in [0.717, 1.165) is 15.4 Å². The number of carbonyl (C=O) groups excluding carboxylic acids is 2. The molecule has 8 nitrogen and oxygen atoms in total. The second-order valence-corrected chi connectivity index (χ2v) is 13.7. The molecule has 0 aliphatic heterocycles. The average Bonchev–Trinajstić information content (AvgIpc) is 3.05. The molecule has 46 heavy (non-hydrogen) atoms. The van der Waals surface area contributed by atoms with E-state index in [1.165, 1.54) is 24.1 Å². The molecule has 0 aliphatic rings. The Balaban J connectivity index is 1.81. The van der Waals surface area contributed by atoms with Crippen LogP contribution in [0.25, 0.3) is 0 Å². The van der Waals surface area contributed by atoms with Gasteiger partial charge in [0.2, 0.25) is 11.8 Å². The number of hydrogen-bond donors (Lipinski definition) is 1. The van der Waals surface area contributed by atoms with Crippen molar-refractivity contribution in [2.75, 3.05) is 24.5 Å². The molecular formula is C36H40ClN3O5S. The monoisotopic (exact) mass is 661 g/mol. The number of ether oxygens (including phenoxy) is 1. The predicted molar refractivity (Wildman–Crippen MR) is 182 cm³/mol. The van der Waals surface area contributed by atoms with E-state index in [4.69, 9.17) is 16.3 Å². The minimum Gasteiger partial charge on any atom is -0.497 e. The largest absolute Gasteiger partial charge is 0.497 e. The van der Waals surface area contributed by atoms with E-state index >= 15 is 0 Å². The zero-order chi connectivity index (χ0) is 33.3. The number of aryl methyl sites for hydroxylation is 1. The standard InChI is InChI=1S/C36H40ClN3O5S/c1-26(2)23-38-36(42)34(22-28-10-6-5-7-11-28)39(24-29-12-8-9-13-33(29)37)35(41)25-40(30-16-18-31(45-4)19-17-30)46(43,44)32-20-14-27(3)15-21-32/h5-21,26,34H,22-25H2,1-4H3,(H,38,42). The van der Waals surface area contributed by atoms with Crippen LogP contribution < -0.4 is 14.4 Å². The summed E-state index contributed by atoms with van der Waals surface area (Å²) in [5, 5.41) is 3.42. The second kappa shape index (κ2) is 15.8. The molecule has 1 N–H and O–H groups in total. The molecule has 0 saturated carbocycles. The van der Waals surface area contributed by atoms with Gasteiger partial charge in [-0.1, -0.05) is 91.7 Å². The van der Waals surface area contributed by atoms with Crippen LogP contribution in [0.3, 0.4) is 0 Å². The van der Waals surface area contributed by atoms with Gasteiger partial charge in [-0.15, -0.1) is 0 Å². The van der Waals surface area contributed by atoms with Crippen LogP contribution in [0.5, 0.6) is 5.75 Å². The maximum absolute atomic E-state index is 14.5. The van der Waals surface area contributed by atoms with Crippen molar-refractivity contribution in [3.8, 4) is 5.75 Å². The third kappa shape index (κ3) is 8.89. The summed E-state index contributed by atoms with van der Waals surface area (Å²) < 4.78 is 34.7. The normalized spacial score (nSPS) is 12.0. The van der Waals surface area contributed by atoms with Gasteiger partial charge in [0.25, 0.3) is 10.0 Å². The Morgan fingerprint density at radius 2 is 1.50 bits per heavy atom. The van der Waals surface area contributed by atoms with Gasteiger partial charge < -0.3 is 15.0 Å². The average molecular weight is 662 g/mol. The van der Waals surface area contributed by atoms with Gasteiger partial charge in [0, 0.05) is 24.5 Å². The van der Waals surface area contributed by atoms with E-state index in [-0.39, 0.29) is 35.4 Å². The second-order valence-electron chi connectivity index (χ2n) is 11.5. The van der Waals surface area contributed by atoms with Crippen molar-refractivity contribution in [3.05, 3.63) is 125 Å². The van der Waals surface area contributed by atoms with Crippen LogP contribution in [-0.4, -0.2) is 51.4 Å². The van der Waals surface area contributed by atoms with E-state index in [1.807, 2.05) is 51.1 Å². The molecular weight excluding hydrogens is 622 g/mol. The molecule has 0 heterocycles. The number of nitrogens with zero attached hydrogens (tertiary/aromatic N) is 2. The maximum Gasteiger partial charge on any atom is 0.264 e. The van der Waals surface area contributed by atoms with Crippen molar-refractivity contribution in [2.45, 2.75) is 44.7 Å². The highest BCUT2D eigenvalue weighted by molar-refractivity contribution is 7.92. The number of nitrogens with one attached hydrogen (secondary N) is 1. The molecule has 4 aromatic rings. The molecule has 0 aromatic heterocycles. The van der Waals surface area contributed by atoms with Gasteiger partial charge in [-0.3, -0.25) is 13.9 Å². The molecule has 10 heteroatoms. The summed E-state index contributed by atoms with van der Waals surface area (Å²) in [5.41, 5.74) is 2.65. The highest BCUT2D eigenvalue weighted by atomic mass is 35.5. The van der Waals surface area contributed by atoms with Crippen molar-refractivity contribution >= 4 is 39.1 Å². The van der Waals surface area contributed by atoms with Crippen molar-refractivity contribution < 1.29 is 22.7 Å². The molecule has 4 aromatic carbocycles. The molecule has 0 aliphatic carbocycles. The Kier molecular flexibility index (Phi) is 11.8. The third-order valence-electron chi connectivity index (χ3n) is 7.50. The van der Waals surface area contributed by atoms with Crippen molar-refractivity contribution in [1.29, 1.82) is 0 Å². The van der Waals surface area contributed by atoms with E-state index in [0.29, 0.717) is 22.9 Å². The van der Waals surface area contributed by atoms with Gasteiger partial charge >= 0.3 is 0 Å². The van der Waals surface area contributed by atoms with Crippen molar-refractivity contribution in [3.63, 3.8) is 0 Å². The Hall–Kier alpha value is -4.34. The first-order valence-corrected chi connectivity index (χ1v) is 16.9. The summed E-state index contributed by atoms with van der Waals surface area (Å²) in [5.74, 6) is -0.186. The predicted octanol–water partition coefficient (Wildman–Crippen LogP) is 6.26. The quantitative estimate of drug-likeness (QED) is 0.172. The topological polar surface area (TPSA) is 96.0 Å². The fraction of sp³-hybridized carbons (Fsp3) is 0.278. The summed E-state index contributed by atoms with van der Waals surface area (Å²) in [7, 11) is -2.69. The zero-order valence-electron chi connectivity index (χ0n) is 26.5. The van der Waals surface area contributed by atoms with Crippen molar-refractivity contribution in [2.24, 2.45) is 5.92 Å².